The van der Waals surface area contributed by atoms with E-state index in [0.29, 0.717) is 12.3 Å². The Morgan fingerprint density at radius 1 is 1.44 bits per heavy atom. The van der Waals surface area contributed by atoms with Crippen LogP contribution in [0.15, 0.2) is 0 Å². The Balaban J connectivity index is 3.35. The molecule has 0 aliphatic carbocycles. The maximum Gasteiger partial charge on any atom is 0.405 e. The van der Waals surface area contributed by atoms with Gasteiger partial charge >= 0.3 is 6.18 Å². The summed E-state index contributed by atoms with van der Waals surface area (Å²) < 4.78 is 35.1. The standard InChI is InChI=1S/C9H13F3N2OS/c1-2-4-16-5-3-13-6-8(15)14-7-9(10,11)12/h1,13H,3-7H2,(H,14,15). The predicted octanol–water partition coefficient (Wildman–Crippen LogP) is 0.621. The van der Waals surface area contributed by atoms with Crippen molar-refractivity contribution < 1.29 is 18.0 Å². The lowest BCUT2D eigenvalue weighted by Crippen LogP contribution is -2.39. The van der Waals surface area contributed by atoms with Gasteiger partial charge in [0.05, 0.1) is 12.3 Å². The fraction of sp³-hybridized carbons (Fsp3) is 0.667. The molecule has 0 aliphatic heterocycles. The van der Waals surface area contributed by atoms with Crippen molar-refractivity contribution in [2.45, 2.75) is 6.18 Å². The lowest BCUT2D eigenvalue weighted by atomic mass is 10.5. The van der Waals surface area contributed by atoms with Crippen molar-refractivity contribution in [1.82, 2.24) is 10.6 Å². The van der Waals surface area contributed by atoms with Crippen LogP contribution in [0.1, 0.15) is 0 Å². The third kappa shape index (κ3) is 11.2. The predicted molar refractivity (Wildman–Crippen MR) is 58.1 cm³/mol. The first-order valence-electron chi connectivity index (χ1n) is 4.51. The van der Waals surface area contributed by atoms with E-state index in [0.717, 1.165) is 5.75 Å². The fourth-order valence-electron chi connectivity index (χ4n) is 0.739. The molecule has 16 heavy (non-hydrogen) atoms. The number of alkyl halides is 3. The molecular weight excluding hydrogens is 241 g/mol. The quantitative estimate of drug-likeness (QED) is 0.517. The molecule has 2 N–H and O–H groups in total. The maximum atomic E-state index is 11.7. The van der Waals surface area contributed by atoms with Crippen molar-refractivity contribution in [3.63, 3.8) is 0 Å². The highest BCUT2D eigenvalue weighted by Crippen LogP contribution is 2.11. The Bertz CT molecular complexity index is 250. The highest BCUT2D eigenvalue weighted by molar-refractivity contribution is 7.99. The number of nitrogens with one attached hydrogen (secondary N) is 2. The Morgan fingerprint density at radius 2 is 2.12 bits per heavy atom. The van der Waals surface area contributed by atoms with Crippen LogP contribution < -0.4 is 10.6 Å². The number of carbonyl (C=O) groups excluding carboxylic acids is 1. The zero-order valence-corrected chi connectivity index (χ0v) is 9.38. The normalized spacial score (nSPS) is 10.9. The molecule has 0 rings (SSSR count). The van der Waals surface area contributed by atoms with E-state index in [1.54, 1.807) is 5.32 Å². The molecule has 0 aliphatic rings. The second-order valence-corrected chi connectivity index (χ2v) is 3.93. The molecule has 7 heteroatoms. The molecule has 0 saturated heterocycles. The van der Waals surface area contributed by atoms with Gasteiger partial charge in [0.2, 0.25) is 5.91 Å². The molecule has 0 spiro atoms. The monoisotopic (exact) mass is 254 g/mol. The third-order valence-electron chi connectivity index (χ3n) is 1.38. The summed E-state index contributed by atoms with van der Waals surface area (Å²) in [5.41, 5.74) is 0. The van der Waals surface area contributed by atoms with E-state index in [-0.39, 0.29) is 6.54 Å². The fourth-order valence-corrected chi connectivity index (χ4v) is 1.29. The average molecular weight is 254 g/mol. The highest BCUT2D eigenvalue weighted by atomic mass is 32.2. The molecule has 1 amide bonds. The number of carbonyl (C=O) groups is 1. The van der Waals surface area contributed by atoms with E-state index in [4.69, 9.17) is 6.42 Å². The number of terminal acetylenes is 1. The molecule has 0 atom stereocenters. The number of thioether (sulfide) groups is 1. The van der Waals surface area contributed by atoms with Crippen LogP contribution in [0.5, 0.6) is 0 Å². The zero-order valence-electron chi connectivity index (χ0n) is 8.56. The van der Waals surface area contributed by atoms with Crippen LogP contribution in [-0.4, -0.2) is 43.2 Å². The summed E-state index contributed by atoms with van der Waals surface area (Å²) in [5, 5.41) is 4.47. The lowest BCUT2D eigenvalue weighted by Gasteiger charge is -2.08. The van der Waals surface area contributed by atoms with E-state index in [2.05, 4.69) is 11.2 Å². The highest BCUT2D eigenvalue weighted by Gasteiger charge is 2.27. The Hall–Kier alpha value is -0.870. The van der Waals surface area contributed by atoms with Gasteiger partial charge in [-0.3, -0.25) is 4.79 Å². The summed E-state index contributed by atoms with van der Waals surface area (Å²) >= 11 is 1.51. The molecular formula is C9H13F3N2OS. The first kappa shape index (κ1) is 15.1. The summed E-state index contributed by atoms with van der Waals surface area (Å²) in [6.45, 7) is -0.877. The van der Waals surface area contributed by atoms with E-state index >= 15 is 0 Å². The summed E-state index contributed by atoms with van der Waals surface area (Å²) in [4.78, 5) is 10.9. The first-order chi connectivity index (χ1) is 7.45. The van der Waals surface area contributed by atoms with Gasteiger partial charge in [-0.05, 0) is 0 Å². The van der Waals surface area contributed by atoms with E-state index < -0.39 is 18.6 Å². The zero-order chi connectivity index (χ0) is 12.4. The van der Waals surface area contributed by atoms with Gasteiger partial charge in [-0.2, -0.15) is 13.2 Å². The van der Waals surface area contributed by atoms with Crippen molar-refractivity contribution in [1.29, 1.82) is 0 Å². The number of halogens is 3. The molecule has 3 nitrogen and oxygen atoms in total. The van der Waals surface area contributed by atoms with E-state index in [1.165, 1.54) is 11.8 Å². The second-order valence-electron chi connectivity index (χ2n) is 2.83. The minimum Gasteiger partial charge on any atom is -0.346 e. The smallest absolute Gasteiger partial charge is 0.346 e. The summed E-state index contributed by atoms with van der Waals surface area (Å²) in [5.74, 6) is 3.07. The van der Waals surface area contributed by atoms with Crippen molar-refractivity contribution in [2.75, 3.05) is 31.1 Å². The lowest BCUT2D eigenvalue weighted by molar-refractivity contribution is -0.137. The van der Waals surface area contributed by atoms with Crippen LogP contribution >= 0.6 is 11.8 Å². The van der Waals surface area contributed by atoms with Crippen molar-refractivity contribution in [3.8, 4) is 12.3 Å². The van der Waals surface area contributed by atoms with E-state index in [1.807, 2.05) is 0 Å². The van der Waals surface area contributed by atoms with Crippen LogP contribution in [-0.2, 0) is 4.79 Å². The van der Waals surface area contributed by atoms with Gasteiger partial charge < -0.3 is 10.6 Å². The van der Waals surface area contributed by atoms with Crippen LogP contribution in [0.3, 0.4) is 0 Å². The number of amides is 1. The Labute approximate surface area is 96.5 Å². The largest absolute Gasteiger partial charge is 0.405 e. The van der Waals surface area contributed by atoms with Crippen molar-refractivity contribution in [2.24, 2.45) is 0 Å². The molecule has 0 heterocycles. The van der Waals surface area contributed by atoms with Gasteiger partial charge in [-0.15, -0.1) is 18.2 Å². The molecule has 0 aromatic rings. The van der Waals surface area contributed by atoms with Crippen LogP contribution in [0.4, 0.5) is 13.2 Å². The van der Waals surface area contributed by atoms with Gasteiger partial charge in [0.25, 0.3) is 0 Å². The van der Waals surface area contributed by atoms with Crippen LogP contribution in [0.2, 0.25) is 0 Å². The Morgan fingerprint density at radius 3 is 2.69 bits per heavy atom. The Kier molecular flexibility index (Phi) is 7.85. The van der Waals surface area contributed by atoms with E-state index in [9.17, 15) is 18.0 Å². The van der Waals surface area contributed by atoms with Crippen molar-refractivity contribution in [3.05, 3.63) is 0 Å². The minimum atomic E-state index is -4.36. The van der Waals surface area contributed by atoms with Gasteiger partial charge in [0, 0.05) is 12.3 Å². The minimum absolute atomic E-state index is 0.118. The number of hydrogen-bond donors (Lipinski definition) is 2. The van der Waals surface area contributed by atoms with Gasteiger partial charge in [0.1, 0.15) is 6.54 Å². The van der Waals surface area contributed by atoms with Crippen molar-refractivity contribution >= 4 is 17.7 Å². The molecule has 0 aromatic heterocycles. The van der Waals surface area contributed by atoms with Gasteiger partial charge in [-0.1, -0.05) is 5.92 Å². The molecule has 0 fully saturated rings. The third-order valence-corrected chi connectivity index (χ3v) is 2.24. The molecule has 92 valence electrons. The molecule has 0 radical (unpaired) electrons. The SMILES string of the molecule is C#CCSCCNCC(=O)NCC(F)(F)F. The number of hydrogen-bond acceptors (Lipinski definition) is 3. The first-order valence-corrected chi connectivity index (χ1v) is 5.66. The molecule has 0 bridgehead atoms. The topological polar surface area (TPSA) is 41.1 Å². The molecule has 0 saturated carbocycles. The summed E-state index contributed by atoms with van der Waals surface area (Å²) in [7, 11) is 0. The summed E-state index contributed by atoms with van der Waals surface area (Å²) in [6, 6.07) is 0. The maximum absolute atomic E-state index is 11.7. The van der Waals surface area contributed by atoms with Crippen LogP contribution in [0, 0.1) is 12.3 Å². The second kappa shape index (κ2) is 8.30. The van der Waals surface area contributed by atoms with Crippen LogP contribution in [0.25, 0.3) is 0 Å². The summed E-state index contributed by atoms with van der Waals surface area (Å²) in [6.07, 6.45) is 0.647. The van der Waals surface area contributed by atoms with Gasteiger partial charge in [0.15, 0.2) is 0 Å². The number of rotatable bonds is 7. The molecule has 0 aromatic carbocycles. The van der Waals surface area contributed by atoms with Gasteiger partial charge in [-0.25, -0.2) is 0 Å². The average Bonchev–Trinajstić information content (AvgIpc) is 2.19. The molecule has 0 unspecified atom stereocenters.